The zero-order valence-corrected chi connectivity index (χ0v) is 18.5. The molecule has 0 aromatic heterocycles. The Hall–Kier alpha value is -2.78. The van der Waals surface area contributed by atoms with Gasteiger partial charge in [0.2, 0.25) is 11.8 Å². The van der Waals surface area contributed by atoms with Gasteiger partial charge in [-0.15, -0.1) is 0 Å². The van der Waals surface area contributed by atoms with Crippen LogP contribution in [-0.2, 0) is 28.8 Å². The van der Waals surface area contributed by atoms with Crippen molar-refractivity contribution < 1.29 is 39.0 Å². The number of aliphatic carboxylic acids is 2. The van der Waals surface area contributed by atoms with Crippen LogP contribution in [0, 0.1) is 35.5 Å². The largest absolute Gasteiger partial charge is 0.481 e. The lowest BCUT2D eigenvalue weighted by molar-refractivity contribution is -0.150. The minimum absolute atomic E-state index is 0.132. The van der Waals surface area contributed by atoms with Crippen LogP contribution < -0.4 is 10.6 Å². The minimum atomic E-state index is -1.03. The fraction of sp³-hybridized carbons (Fsp3) is 0.727. The second-order valence-corrected chi connectivity index (χ2v) is 8.81. The van der Waals surface area contributed by atoms with Crippen molar-refractivity contribution in [1.82, 2.24) is 10.6 Å². The molecule has 0 spiro atoms. The molecule has 2 saturated carbocycles. The number of ketones is 2. The highest BCUT2D eigenvalue weighted by atomic mass is 16.4. The monoisotopic (exact) mass is 452 g/mol. The molecule has 10 nitrogen and oxygen atoms in total. The number of amides is 2. The van der Waals surface area contributed by atoms with E-state index in [1.807, 2.05) is 0 Å². The molecule has 6 unspecified atom stereocenters. The van der Waals surface area contributed by atoms with E-state index in [0.717, 1.165) is 0 Å². The van der Waals surface area contributed by atoms with E-state index >= 15 is 0 Å². The second kappa shape index (κ2) is 11.2. The lowest BCUT2D eigenvalue weighted by Gasteiger charge is -2.32. The number of nitrogens with one attached hydrogen (secondary N) is 2. The van der Waals surface area contributed by atoms with Crippen molar-refractivity contribution >= 4 is 35.3 Å². The van der Waals surface area contributed by atoms with E-state index in [1.165, 1.54) is 6.92 Å². The molecule has 2 aliphatic rings. The number of carbonyl (C=O) groups is 6. The highest BCUT2D eigenvalue weighted by molar-refractivity contribution is 5.88. The summed E-state index contributed by atoms with van der Waals surface area (Å²) >= 11 is 0. The van der Waals surface area contributed by atoms with E-state index in [4.69, 9.17) is 0 Å². The molecule has 6 atom stereocenters. The van der Waals surface area contributed by atoms with Gasteiger partial charge in [-0.25, -0.2) is 0 Å². The first-order valence-corrected chi connectivity index (χ1v) is 11.1. The van der Waals surface area contributed by atoms with Crippen molar-refractivity contribution in [3.05, 3.63) is 0 Å². The molecule has 2 aliphatic carbocycles. The summed E-state index contributed by atoms with van der Waals surface area (Å²) in [5.41, 5.74) is 0. The quantitative estimate of drug-likeness (QED) is 0.376. The van der Waals surface area contributed by atoms with Gasteiger partial charge in [-0.1, -0.05) is 6.92 Å². The molecular weight excluding hydrogens is 420 g/mol. The lowest BCUT2D eigenvalue weighted by Crippen LogP contribution is -2.46. The highest BCUT2D eigenvalue weighted by Gasteiger charge is 2.41. The first kappa shape index (κ1) is 25.5. The van der Waals surface area contributed by atoms with Gasteiger partial charge in [0.05, 0.1) is 18.5 Å². The van der Waals surface area contributed by atoms with E-state index in [1.54, 1.807) is 6.92 Å². The molecule has 2 fully saturated rings. The van der Waals surface area contributed by atoms with Gasteiger partial charge in [0, 0.05) is 30.1 Å². The number of carbonyl (C=O) groups excluding carboxylic acids is 4. The number of Topliss-reactive ketones (excluding diaryl/α,β-unsaturated/α-hetero) is 2. The van der Waals surface area contributed by atoms with E-state index in [2.05, 4.69) is 10.6 Å². The molecule has 0 saturated heterocycles. The Morgan fingerprint density at radius 2 is 1.16 bits per heavy atom. The zero-order valence-electron chi connectivity index (χ0n) is 18.5. The van der Waals surface area contributed by atoms with E-state index in [9.17, 15) is 39.0 Å². The predicted molar refractivity (Wildman–Crippen MR) is 111 cm³/mol. The van der Waals surface area contributed by atoms with Crippen molar-refractivity contribution in [1.29, 1.82) is 0 Å². The van der Waals surface area contributed by atoms with Crippen molar-refractivity contribution in [2.45, 2.75) is 58.8 Å². The van der Waals surface area contributed by atoms with Gasteiger partial charge in [0.15, 0.2) is 0 Å². The molecule has 0 aliphatic heterocycles. The molecule has 10 heteroatoms. The molecule has 0 bridgehead atoms. The van der Waals surface area contributed by atoms with Crippen molar-refractivity contribution in [3.63, 3.8) is 0 Å². The Labute approximate surface area is 186 Å². The van der Waals surface area contributed by atoms with Crippen LogP contribution in [-0.4, -0.2) is 52.2 Å². The Balaban J connectivity index is 1.85. The lowest BCUT2D eigenvalue weighted by atomic mass is 9.71. The van der Waals surface area contributed by atoms with Crippen LogP contribution in [0.3, 0.4) is 0 Å². The van der Waals surface area contributed by atoms with Crippen LogP contribution in [0.25, 0.3) is 0 Å². The van der Waals surface area contributed by atoms with Gasteiger partial charge >= 0.3 is 11.9 Å². The fourth-order valence-corrected chi connectivity index (χ4v) is 4.98. The number of rotatable bonds is 9. The summed E-state index contributed by atoms with van der Waals surface area (Å²) in [6.45, 7) is 2.87. The Kier molecular flexibility index (Phi) is 8.91. The molecular formula is C22H32N2O8. The third-order valence-corrected chi connectivity index (χ3v) is 6.89. The maximum atomic E-state index is 12.5. The summed E-state index contributed by atoms with van der Waals surface area (Å²) in [5.74, 6) is -7.14. The average Bonchev–Trinajstić information content (AvgIpc) is 2.77. The molecule has 178 valence electrons. The summed E-state index contributed by atoms with van der Waals surface area (Å²) in [4.78, 5) is 71.7. The SMILES string of the molecule is CCC(=O)C1CC(C(=O)NCNC(=O)C2CCC(C(=O)O)C(C(C)=O)C2)CCC1C(=O)O. The number of carboxylic acids is 2. The van der Waals surface area contributed by atoms with Crippen LogP contribution in [0.4, 0.5) is 0 Å². The smallest absolute Gasteiger partial charge is 0.307 e. The van der Waals surface area contributed by atoms with Gasteiger partial charge < -0.3 is 20.8 Å². The maximum absolute atomic E-state index is 12.5. The highest BCUT2D eigenvalue weighted by Crippen LogP contribution is 2.36. The second-order valence-electron chi connectivity index (χ2n) is 8.81. The normalized spacial score (nSPS) is 30.1. The van der Waals surface area contributed by atoms with Crippen LogP contribution in [0.5, 0.6) is 0 Å². The molecule has 2 amide bonds. The summed E-state index contributed by atoms with van der Waals surface area (Å²) in [6.07, 6.45) is 1.72. The van der Waals surface area contributed by atoms with E-state index < -0.39 is 47.4 Å². The van der Waals surface area contributed by atoms with Crippen LogP contribution in [0.1, 0.15) is 58.8 Å². The van der Waals surface area contributed by atoms with Crippen molar-refractivity contribution in [3.8, 4) is 0 Å². The standard InChI is InChI=1S/C22H32N2O8/c1-3-18(26)17-9-13(5-7-15(17)22(31)32)20(28)24-10-23-19(27)12-4-6-14(21(29)30)16(8-12)11(2)25/h12-17H,3-10H2,1-2H3,(H,23,27)(H,24,28)(H,29,30)(H,31,32). The van der Waals surface area contributed by atoms with Gasteiger partial charge in [-0.2, -0.15) is 0 Å². The predicted octanol–water partition coefficient (Wildman–Crippen LogP) is 0.979. The number of hydrogen-bond acceptors (Lipinski definition) is 6. The molecule has 0 heterocycles. The van der Waals surface area contributed by atoms with Gasteiger partial charge in [-0.05, 0) is 45.4 Å². The summed E-state index contributed by atoms with van der Waals surface area (Å²) < 4.78 is 0. The van der Waals surface area contributed by atoms with Gasteiger partial charge in [-0.3, -0.25) is 28.8 Å². The summed E-state index contributed by atoms with van der Waals surface area (Å²) in [6, 6.07) is 0. The first-order chi connectivity index (χ1) is 15.1. The third-order valence-electron chi connectivity index (χ3n) is 6.89. The minimum Gasteiger partial charge on any atom is -0.481 e. The van der Waals surface area contributed by atoms with Crippen LogP contribution in [0.2, 0.25) is 0 Å². The van der Waals surface area contributed by atoms with Crippen molar-refractivity contribution in [2.24, 2.45) is 35.5 Å². The van der Waals surface area contributed by atoms with Crippen LogP contribution in [0.15, 0.2) is 0 Å². The fourth-order valence-electron chi connectivity index (χ4n) is 4.98. The molecule has 0 aromatic rings. The molecule has 2 rings (SSSR count). The third kappa shape index (κ3) is 6.14. The van der Waals surface area contributed by atoms with E-state index in [-0.39, 0.29) is 62.2 Å². The summed E-state index contributed by atoms with van der Waals surface area (Å²) in [5, 5.41) is 23.8. The average molecular weight is 453 g/mol. The maximum Gasteiger partial charge on any atom is 0.307 e. The van der Waals surface area contributed by atoms with Gasteiger partial charge in [0.25, 0.3) is 0 Å². The van der Waals surface area contributed by atoms with Gasteiger partial charge in [0.1, 0.15) is 11.6 Å². The zero-order chi connectivity index (χ0) is 24.0. The van der Waals surface area contributed by atoms with Crippen LogP contribution >= 0.6 is 0 Å². The molecule has 0 radical (unpaired) electrons. The number of carboxylic acid groups (broad SMARTS) is 2. The first-order valence-electron chi connectivity index (χ1n) is 11.1. The Morgan fingerprint density at radius 3 is 1.56 bits per heavy atom. The molecule has 32 heavy (non-hydrogen) atoms. The molecule has 0 aromatic carbocycles. The van der Waals surface area contributed by atoms with E-state index in [0.29, 0.717) is 12.8 Å². The summed E-state index contributed by atoms with van der Waals surface area (Å²) in [7, 11) is 0. The topological polar surface area (TPSA) is 167 Å². The number of hydrogen-bond donors (Lipinski definition) is 4. The Morgan fingerprint density at radius 1 is 0.719 bits per heavy atom. The van der Waals surface area contributed by atoms with Crippen molar-refractivity contribution in [2.75, 3.05) is 6.67 Å². The molecule has 4 N–H and O–H groups in total. The Bertz CT molecular complexity index is 780.